The summed E-state index contributed by atoms with van der Waals surface area (Å²) in [6, 6.07) is 0.976. The van der Waals surface area contributed by atoms with Gasteiger partial charge in [0.15, 0.2) is 0 Å². The fourth-order valence-corrected chi connectivity index (χ4v) is 1.07. The van der Waals surface area contributed by atoms with Crippen molar-refractivity contribution in [3.8, 4) is 5.75 Å². The molecule has 1 rings (SSSR count). The van der Waals surface area contributed by atoms with E-state index in [9.17, 15) is 26.3 Å². The van der Waals surface area contributed by atoms with E-state index in [1.54, 1.807) is 0 Å². The first kappa shape index (κ1) is 16.9. The van der Waals surface area contributed by atoms with Gasteiger partial charge < -0.3 is 10.5 Å². The van der Waals surface area contributed by atoms with Gasteiger partial charge in [0.2, 0.25) is 0 Å². The fourth-order valence-electron chi connectivity index (χ4n) is 1.07. The van der Waals surface area contributed by atoms with Gasteiger partial charge in [-0.3, -0.25) is 0 Å². The third kappa shape index (κ3) is 5.01. The van der Waals surface area contributed by atoms with Crippen molar-refractivity contribution in [2.45, 2.75) is 18.6 Å². The molecule has 0 aromatic heterocycles. The molecule has 104 valence electrons. The molecular weight excluding hydrogens is 288 g/mol. The zero-order chi connectivity index (χ0) is 13.3. The summed E-state index contributed by atoms with van der Waals surface area (Å²) >= 11 is 0. The van der Waals surface area contributed by atoms with Crippen LogP contribution in [0.1, 0.15) is 11.6 Å². The highest BCUT2D eigenvalue weighted by Gasteiger charge is 2.38. The lowest BCUT2D eigenvalue weighted by atomic mass is 10.1. The second-order valence-corrected chi connectivity index (χ2v) is 3.14. The van der Waals surface area contributed by atoms with Crippen molar-refractivity contribution in [2.75, 3.05) is 0 Å². The van der Waals surface area contributed by atoms with Gasteiger partial charge in [-0.1, -0.05) is 12.1 Å². The molecule has 0 aliphatic carbocycles. The lowest BCUT2D eigenvalue weighted by Crippen LogP contribution is -2.28. The molecular formula is C9H8ClF6NO. The van der Waals surface area contributed by atoms with E-state index in [4.69, 9.17) is 5.73 Å². The molecule has 0 amide bonds. The van der Waals surface area contributed by atoms with Crippen LogP contribution in [0.5, 0.6) is 5.75 Å². The number of hydrogen-bond acceptors (Lipinski definition) is 2. The Bertz CT molecular complexity index is 374. The molecule has 1 atom stereocenters. The van der Waals surface area contributed by atoms with E-state index in [2.05, 4.69) is 4.74 Å². The minimum atomic E-state index is -4.88. The van der Waals surface area contributed by atoms with Gasteiger partial charge in [0.1, 0.15) is 11.8 Å². The Balaban J connectivity index is 0.00000289. The number of halogens is 7. The average Bonchev–Trinajstić information content (AvgIpc) is 2.14. The van der Waals surface area contributed by atoms with Crippen LogP contribution >= 0.6 is 12.4 Å². The van der Waals surface area contributed by atoms with E-state index in [1.807, 2.05) is 0 Å². The Morgan fingerprint density at radius 2 is 1.39 bits per heavy atom. The topological polar surface area (TPSA) is 35.2 Å². The van der Waals surface area contributed by atoms with E-state index in [-0.39, 0.29) is 18.0 Å². The number of alkyl halides is 6. The molecule has 1 aromatic carbocycles. The Kier molecular flexibility index (Phi) is 5.30. The third-order valence-electron chi connectivity index (χ3n) is 1.83. The highest BCUT2D eigenvalue weighted by molar-refractivity contribution is 5.85. The summed E-state index contributed by atoms with van der Waals surface area (Å²) in [4.78, 5) is 0. The molecule has 0 bridgehead atoms. The van der Waals surface area contributed by atoms with Crippen molar-refractivity contribution in [1.29, 1.82) is 0 Å². The van der Waals surface area contributed by atoms with E-state index < -0.39 is 24.3 Å². The van der Waals surface area contributed by atoms with Crippen LogP contribution in [-0.2, 0) is 0 Å². The molecule has 9 heteroatoms. The lowest BCUT2D eigenvalue weighted by Gasteiger charge is -2.16. The summed E-state index contributed by atoms with van der Waals surface area (Å²) in [5.74, 6) is -0.601. The van der Waals surface area contributed by atoms with Gasteiger partial charge in [-0.05, 0) is 17.7 Å². The van der Waals surface area contributed by atoms with E-state index >= 15 is 0 Å². The van der Waals surface area contributed by atoms with Crippen LogP contribution in [0.25, 0.3) is 0 Å². The zero-order valence-electron chi connectivity index (χ0n) is 8.55. The summed E-state index contributed by atoms with van der Waals surface area (Å²) < 4.78 is 75.3. The normalized spacial score (nSPS) is 13.7. The number of hydrogen-bond donors (Lipinski definition) is 1. The molecule has 0 fully saturated rings. The first-order valence-electron chi connectivity index (χ1n) is 4.27. The lowest BCUT2D eigenvalue weighted by molar-refractivity contribution is -0.274. The smallest absolute Gasteiger partial charge is 0.406 e. The minimum absolute atomic E-state index is 0. The van der Waals surface area contributed by atoms with Crippen molar-refractivity contribution in [3.05, 3.63) is 29.8 Å². The van der Waals surface area contributed by atoms with Gasteiger partial charge >= 0.3 is 12.5 Å². The molecule has 0 saturated carbocycles. The van der Waals surface area contributed by atoms with Gasteiger partial charge in [-0.25, -0.2) is 0 Å². The van der Waals surface area contributed by atoms with Crippen molar-refractivity contribution in [2.24, 2.45) is 5.73 Å². The third-order valence-corrected chi connectivity index (χ3v) is 1.83. The van der Waals surface area contributed by atoms with Gasteiger partial charge in [0.05, 0.1) is 0 Å². The Hall–Kier alpha value is -1.15. The molecule has 0 heterocycles. The first-order chi connectivity index (χ1) is 7.59. The van der Waals surface area contributed by atoms with Gasteiger partial charge in [-0.2, -0.15) is 13.2 Å². The van der Waals surface area contributed by atoms with Crippen LogP contribution in [0, 0.1) is 0 Å². The molecule has 0 saturated heterocycles. The first-order valence-corrected chi connectivity index (χ1v) is 4.27. The van der Waals surface area contributed by atoms with Gasteiger partial charge in [0, 0.05) is 0 Å². The van der Waals surface area contributed by atoms with Crippen LogP contribution in [0.15, 0.2) is 24.3 Å². The number of benzene rings is 1. The van der Waals surface area contributed by atoms with Crippen LogP contribution < -0.4 is 10.5 Å². The van der Waals surface area contributed by atoms with Crippen molar-refractivity contribution in [3.63, 3.8) is 0 Å². The van der Waals surface area contributed by atoms with Crippen LogP contribution in [0.2, 0.25) is 0 Å². The summed E-state index contributed by atoms with van der Waals surface area (Å²) in [5, 5.41) is 0. The Morgan fingerprint density at radius 3 is 1.72 bits per heavy atom. The van der Waals surface area contributed by atoms with Crippen molar-refractivity contribution < 1.29 is 31.1 Å². The summed E-state index contributed by atoms with van der Waals surface area (Å²) in [6.45, 7) is 0. The number of rotatable bonds is 2. The average molecular weight is 296 g/mol. The molecule has 0 radical (unpaired) electrons. The summed E-state index contributed by atoms with van der Waals surface area (Å²) in [5.41, 5.74) is 4.52. The Labute approximate surface area is 104 Å². The molecule has 1 aromatic rings. The largest absolute Gasteiger partial charge is 0.573 e. The minimum Gasteiger partial charge on any atom is -0.406 e. The van der Waals surface area contributed by atoms with Crippen LogP contribution in [0.3, 0.4) is 0 Å². The van der Waals surface area contributed by atoms with E-state index in [1.165, 1.54) is 0 Å². The zero-order valence-corrected chi connectivity index (χ0v) is 9.36. The predicted molar refractivity (Wildman–Crippen MR) is 53.4 cm³/mol. The second kappa shape index (κ2) is 5.66. The maximum atomic E-state index is 12.2. The molecule has 2 N–H and O–H groups in total. The van der Waals surface area contributed by atoms with Crippen molar-refractivity contribution in [1.82, 2.24) is 0 Å². The molecule has 0 spiro atoms. The fraction of sp³-hybridized carbons (Fsp3) is 0.333. The highest BCUT2D eigenvalue weighted by Crippen LogP contribution is 2.31. The maximum Gasteiger partial charge on any atom is 0.573 e. The molecule has 18 heavy (non-hydrogen) atoms. The van der Waals surface area contributed by atoms with Gasteiger partial charge in [0.25, 0.3) is 0 Å². The maximum absolute atomic E-state index is 12.2. The number of nitrogens with two attached hydrogens (primary N) is 1. The summed E-state index contributed by atoms with van der Waals surface area (Å²) in [7, 11) is 0. The van der Waals surface area contributed by atoms with Crippen molar-refractivity contribution >= 4 is 12.4 Å². The standard InChI is InChI=1S/C9H7F6NO.ClH/c10-8(11,12)7(16)5-1-3-6(4-2-5)17-9(13,14)15;/h1-4,7H,16H2;1H/t7-;/m1./s1. The Morgan fingerprint density at radius 1 is 0.944 bits per heavy atom. The van der Waals surface area contributed by atoms with E-state index in [0.29, 0.717) is 0 Å². The number of ether oxygens (including phenoxy) is 1. The quantitative estimate of drug-likeness (QED) is 0.847. The van der Waals surface area contributed by atoms with Gasteiger partial charge in [-0.15, -0.1) is 25.6 Å². The van der Waals surface area contributed by atoms with E-state index in [0.717, 1.165) is 24.3 Å². The highest BCUT2D eigenvalue weighted by atomic mass is 35.5. The summed E-state index contributed by atoms with van der Waals surface area (Å²) in [6.07, 6.45) is -9.53. The van der Waals surface area contributed by atoms with Crippen LogP contribution in [-0.4, -0.2) is 12.5 Å². The predicted octanol–water partition coefficient (Wildman–Crippen LogP) is 3.57. The second-order valence-electron chi connectivity index (χ2n) is 3.14. The molecule has 0 aliphatic heterocycles. The molecule has 0 unspecified atom stereocenters. The SMILES string of the molecule is Cl.N[C@H](c1ccc(OC(F)(F)F)cc1)C(F)(F)F. The molecule has 2 nitrogen and oxygen atoms in total. The van der Waals surface area contributed by atoms with Crippen LogP contribution in [0.4, 0.5) is 26.3 Å². The monoisotopic (exact) mass is 295 g/mol. The molecule has 0 aliphatic rings.